The molecule has 1 N–H and O–H groups in total. The summed E-state index contributed by atoms with van der Waals surface area (Å²) in [5.74, 6) is 1.42. The lowest BCUT2D eigenvalue weighted by molar-refractivity contribution is 0.271. The third-order valence-electron chi connectivity index (χ3n) is 2.14. The van der Waals surface area contributed by atoms with Gasteiger partial charge in [-0.1, -0.05) is 31.1 Å². The summed E-state index contributed by atoms with van der Waals surface area (Å²) in [6.45, 7) is 6.77. The minimum Gasteiger partial charge on any atom is -0.493 e. The summed E-state index contributed by atoms with van der Waals surface area (Å²) < 4.78 is 5.57. The molecule has 0 unspecified atom stereocenters. The third-order valence-corrected chi connectivity index (χ3v) is 2.14. The van der Waals surface area contributed by atoms with Crippen LogP contribution in [0.1, 0.15) is 26.3 Å². The average Bonchev–Trinajstić information content (AvgIpc) is 2.28. The van der Waals surface area contributed by atoms with E-state index in [1.807, 2.05) is 24.3 Å². The third kappa shape index (κ3) is 4.34. The van der Waals surface area contributed by atoms with Crippen LogP contribution in [0.25, 0.3) is 0 Å². The van der Waals surface area contributed by atoms with Crippen molar-refractivity contribution in [2.24, 2.45) is 11.1 Å². The van der Waals surface area contributed by atoms with E-state index in [0.29, 0.717) is 18.1 Å². The fourth-order valence-electron chi connectivity index (χ4n) is 1.30. The second-order valence-electron chi connectivity index (χ2n) is 4.36. The van der Waals surface area contributed by atoms with Gasteiger partial charge in [-0.05, 0) is 30.5 Å². The second-order valence-corrected chi connectivity index (χ2v) is 4.36. The fraction of sp³-hybridized carbons (Fsp3) is 0.462. The van der Waals surface area contributed by atoms with Gasteiger partial charge in [-0.15, -0.1) is 0 Å². The maximum atomic E-state index is 8.56. The average molecular weight is 221 g/mol. The molecule has 0 spiro atoms. The molecule has 16 heavy (non-hydrogen) atoms. The molecule has 0 heterocycles. The zero-order valence-corrected chi connectivity index (χ0v) is 10.1. The lowest BCUT2D eigenvalue weighted by Gasteiger charge is -2.09. The van der Waals surface area contributed by atoms with E-state index >= 15 is 0 Å². The lowest BCUT2D eigenvalue weighted by Crippen LogP contribution is -2.04. The topological polar surface area (TPSA) is 41.8 Å². The summed E-state index contributed by atoms with van der Waals surface area (Å²) >= 11 is 0. The Balaban J connectivity index is 2.54. The first-order valence-corrected chi connectivity index (χ1v) is 5.51. The number of oxime groups is 1. The van der Waals surface area contributed by atoms with Gasteiger partial charge in [0.15, 0.2) is 0 Å². The number of ether oxygens (including phenoxy) is 1. The smallest absolute Gasteiger partial charge is 0.119 e. The molecular formula is C13H19NO2. The Labute approximate surface area is 96.7 Å². The first-order chi connectivity index (χ1) is 7.61. The maximum Gasteiger partial charge on any atom is 0.119 e. The van der Waals surface area contributed by atoms with Gasteiger partial charge < -0.3 is 9.94 Å². The molecule has 3 heteroatoms. The summed E-state index contributed by atoms with van der Waals surface area (Å²) in [6, 6.07) is 7.87. The number of benzene rings is 1. The predicted octanol–water partition coefficient (Wildman–Crippen LogP) is 3.11. The van der Waals surface area contributed by atoms with Crippen molar-refractivity contribution in [2.75, 3.05) is 6.61 Å². The van der Waals surface area contributed by atoms with Crippen LogP contribution in [0.2, 0.25) is 0 Å². The van der Waals surface area contributed by atoms with Crippen molar-refractivity contribution in [1.29, 1.82) is 0 Å². The summed E-state index contributed by atoms with van der Waals surface area (Å²) in [5, 5.41) is 11.7. The van der Waals surface area contributed by atoms with Crippen LogP contribution in [0.15, 0.2) is 29.4 Å². The Morgan fingerprint density at radius 3 is 2.44 bits per heavy atom. The van der Waals surface area contributed by atoms with Crippen LogP contribution in [0, 0.1) is 5.92 Å². The molecule has 0 aromatic heterocycles. The van der Waals surface area contributed by atoms with Gasteiger partial charge in [-0.2, -0.15) is 0 Å². The van der Waals surface area contributed by atoms with E-state index in [2.05, 4.69) is 19.0 Å². The molecule has 1 aromatic carbocycles. The molecule has 88 valence electrons. The van der Waals surface area contributed by atoms with Gasteiger partial charge in [0.1, 0.15) is 5.75 Å². The predicted molar refractivity (Wildman–Crippen MR) is 65.4 cm³/mol. The maximum absolute atomic E-state index is 8.56. The van der Waals surface area contributed by atoms with E-state index in [9.17, 15) is 0 Å². The fourth-order valence-corrected chi connectivity index (χ4v) is 1.30. The quantitative estimate of drug-likeness (QED) is 0.471. The lowest BCUT2D eigenvalue weighted by atomic mass is 10.1. The van der Waals surface area contributed by atoms with Gasteiger partial charge in [-0.3, -0.25) is 0 Å². The highest BCUT2D eigenvalue weighted by molar-refractivity contribution is 5.83. The normalized spacial score (nSPS) is 11.9. The van der Waals surface area contributed by atoms with Crippen LogP contribution in [0.3, 0.4) is 0 Å². The molecule has 3 nitrogen and oxygen atoms in total. The van der Waals surface area contributed by atoms with E-state index in [1.54, 1.807) is 6.92 Å². The zero-order chi connectivity index (χ0) is 12.0. The van der Waals surface area contributed by atoms with Crippen molar-refractivity contribution in [1.82, 2.24) is 0 Å². The van der Waals surface area contributed by atoms with Crippen LogP contribution in [0.5, 0.6) is 5.75 Å². The summed E-state index contributed by atoms with van der Waals surface area (Å²) in [6.07, 6.45) is 0.668. The largest absolute Gasteiger partial charge is 0.493 e. The number of nitrogens with zero attached hydrogens (tertiary/aromatic N) is 1. The molecule has 0 radical (unpaired) electrons. The second kappa shape index (κ2) is 6.16. The molecular weight excluding hydrogens is 202 g/mol. The van der Waals surface area contributed by atoms with Gasteiger partial charge in [0.05, 0.1) is 12.3 Å². The van der Waals surface area contributed by atoms with Crippen molar-refractivity contribution < 1.29 is 9.94 Å². The van der Waals surface area contributed by atoms with Crippen molar-refractivity contribution in [3.8, 4) is 5.75 Å². The first kappa shape index (κ1) is 12.6. The molecule has 0 bridgehead atoms. The molecule has 0 aliphatic heterocycles. The molecule has 0 fully saturated rings. The number of rotatable bonds is 5. The van der Waals surface area contributed by atoms with Crippen LogP contribution in [-0.2, 0) is 6.42 Å². The van der Waals surface area contributed by atoms with Gasteiger partial charge in [0.2, 0.25) is 0 Å². The van der Waals surface area contributed by atoms with Crippen LogP contribution in [-0.4, -0.2) is 17.5 Å². The minimum absolute atomic E-state index is 0.531. The van der Waals surface area contributed by atoms with Crippen LogP contribution < -0.4 is 4.74 Å². The van der Waals surface area contributed by atoms with E-state index in [1.165, 1.54) is 0 Å². The molecule has 0 saturated heterocycles. The number of hydrogen-bond donors (Lipinski definition) is 1. The summed E-state index contributed by atoms with van der Waals surface area (Å²) in [4.78, 5) is 0. The first-order valence-electron chi connectivity index (χ1n) is 5.51. The van der Waals surface area contributed by atoms with Crippen molar-refractivity contribution >= 4 is 5.71 Å². The molecule has 0 saturated carbocycles. The molecule has 0 aliphatic rings. The molecule has 0 atom stereocenters. The van der Waals surface area contributed by atoms with Gasteiger partial charge in [0.25, 0.3) is 0 Å². The van der Waals surface area contributed by atoms with Crippen molar-refractivity contribution in [3.63, 3.8) is 0 Å². The SMILES string of the molecule is C/C(Cc1ccc(OCC(C)C)cc1)=N\O. The van der Waals surface area contributed by atoms with Crippen molar-refractivity contribution in [3.05, 3.63) is 29.8 Å². The Kier molecular flexibility index (Phi) is 4.83. The van der Waals surface area contributed by atoms with Crippen molar-refractivity contribution in [2.45, 2.75) is 27.2 Å². The monoisotopic (exact) mass is 221 g/mol. The van der Waals surface area contributed by atoms with Crippen LogP contribution in [0.4, 0.5) is 0 Å². The molecule has 0 aliphatic carbocycles. The molecule has 0 amide bonds. The Morgan fingerprint density at radius 2 is 1.94 bits per heavy atom. The van der Waals surface area contributed by atoms with Gasteiger partial charge in [-0.25, -0.2) is 0 Å². The Hall–Kier alpha value is -1.51. The summed E-state index contributed by atoms with van der Waals surface area (Å²) in [7, 11) is 0. The molecule has 1 rings (SSSR count). The standard InChI is InChI=1S/C13H19NO2/c1-10(2)9-16-13-6-4-12(5-7-13)8-11(3)14-15/h4-7,10,15H,8-9H2,1-3H3/b14-11+. The van der Waals surface area contributed by atoms with Gasteiger partial charge in [0, 0.05) is 6.42 Å². The van der Waals surface area contributed by atoms with Gasteiger partial charge >= 0.3 is 0 Å². The minimum atomic E-state index is 0.531. The highest BCUT2D eigenvalue weighted by Gasteiger charge is 1.99. The Bertz CT molecular complexity index is 341. The van der Waals surface area contributed by atoms with E-state index in [4.69, 9.17) is 9.94 Å². The summed E-state index contributed by atoms with van der Waals surface area (Å²) in [5.41, 5.74) is 1.82. The Morgan fingerprint density at radius 1 is 1.31 bits per heavy atom. The van der Waals surface area contributed by atoms with Crippen LogP contribution >= 0.6 is 0 Å². The highest BCUT2D eigenvalue weighted by atomic mass is 16.5. The van der Waals surface area contributed by atoms with E-state index in [-0.39, 0.29) is 0 Å². The molecule has 1 aromatic rings. The zero-order valence-electron chi connectivity index (χ0n) is 10.1. The van der Waals surface area contributed by atoms with E-state index in [0.717, 1.165) is 17.9 Å². The highest BCUT2D eigenvalue weighted by Crippen LogP contribution is 2.13. The van der Waals surface area contributed by atoms with E-state index < -0.39 is 0 Å². The number of hydrogen-bond acceptors (Lipinski definition) is 3.